The second kappa shape index (κ2) is 10.4. The minimum absolute atomic E-state index is 0.0601. The summed E-state index contributed by atoms with van der Waals surface area (Å²) >= 11 is 0.965. The number of aryl methyl sites for hydroxylation is 1. The van der Waals surface area contributed by atoms with Crippen LogP contribution in [0.3, 0.4) is 0 Å². The number of ether oxygens (including phenoxy) is 2. The number of benzene rings is 2. The van der Waals surface area contributed by atoms with Gasteiger partial charge in [0.15, 0.2) is 5.13 Å². The van der Waals surface area contributed by atoms with Gasteiger partial charge in [-0.3, -0.25) is 14.5 Å². The second-order valence-electron chi connectivity index (χ2n) is 9.90. The number of rotatable bonds is 6. The molecule has 8 nitrogen and oxygen atoms in total. The van der Waals surface area contributed by atoms with E-state index in [4.69, 9.17) is 9.47 Å². The van der Waals surface area contributed by atoms with Crippen molar-refractivity contribution in [2.45, 2.75) is 46.1 Å². The van der Waals surface area contributed by atoms with Crippen molar-refractivity contribution in [2.24, 2.45) is 0 Å². The van der Waals surface area contributed by atoms with E-state index in [0.29, 0.717) is 29.2 Å². The first kappa shape index (κ1) is 27.1. The van der Waals surface area contributed by atoms with Gasteiger partial charge < -0.3 is 14.6 Å². The van der Waals surface area contributed by atoms with Crippen LogP contribution in [0.5, 0.6) is 5.75 Å². The van der Waals surface area contributed by atoms with Crippen LogP contribution in [0.4, 0.5) is 5.13 Å². The third-order valence-corrected chi connectivity index (χ3v) is 7.47. The molecule has 1 amide bonds. The van der Waals surface area contributed by atoms with Crippen molar-refractivity contribution in [1.82, 2.24) is 4.98 Å². The van der Waals surface area contributed by atoms with Crippen LogP contribution < -0.4 is 9.64 Å². The Bertz CT molecular complexity index is 1410. The number of Topliss-reactive ketones (excluding diaryl/α,β-unsaturated/α-hetero) is 1. The summed E-state index contributed by atoms with van der Waals surface area (Å²) in [5.74, 6) is -1.95. The Morgan fingerprint density at radius 1 is 1.08 bits per heavy atom. The molecule has 1 N–H and O–H groups in total. The summed E-state index contributed by atoms with van der Waals surface area (Å²) in [6, 6.07) is 13.3. The Kier molecular flexibility index (Phi) is 7.42. The van der Waals surface area contributed by atoms with Crippen LogP contribution in [0.25, 0.3) is 5.76 Å². The van der Waals surface area contributed by atoms with Crippen LogP contribution >= 0.6 is 11.3 Å². The topological polar surface area (TPSA) is 106 Å². The number of thiazole rings is 1. The fraction of sp³-hybridized carbons (Fsp3) is 0.310. The zero-order chi connectivity index (χ0) is 27.8. The molecule has 198 valence electrons. The van der Waals surface area contributed by atoms with E-state index in [9.17, 15) is 19.5 Å². The molecule has 1 fully saturated rings. The number of aliphatic hydroxyl groups excluding tert-OH is 1. The number of methoxy groups -OCH3 is 1. The quantitative estimate of drug-likeness (QED) is 0.191. The van der Waals surface area contributed by atoms with Crippen molar-refractivity contribution >= 4 is 39.9 Å². The van der Waals surface area contributed by atoms with Gasteiger partial charge in [0.1, 0.15) is 16.4 Å². The number of esters is 1. The Labute approximate surface area is 225 Å². The molecule has 38 heavy (non-hydrogen) atoms. The molecule has 1 saturated heterocycles. The number of amides is 1. The zero-order valence-corrected chi connectivity index (χ0v) is 23.0. The molecule has 2 aromatic carbocycles. The van der Waals surface area contributed by atoms with E-state index in [1.54, 1.807) is 31.2 Å². The van der Waals surface area contributed by atoms with Crippen LogP contribution in [-0.2, 0) is 19.7 Å². The third kappa shape index (κ3) is 4.93. The van der Waals surface area contributed by atoms with Gasteiger partial charge in [0.2, 0.25) is 0 Å². The number of ketones is 1. The highest BCUT2D eigenvalue weighted by atomic mass is 32.1. The van der Waals surface area contributed by atoms with Gasteiger partial charge in [0, 0.05) is 5.56 Å². The van der Waals surface area contributed by atoms with Crippen molar-refractivity contribution in [1.29, 1.82) is 0 Å². The lowest BCUT2D eigenvalue weighted by Crippen LogP contribution is -2.29. The molecule has 9 heteroatoms. The number of anilines is 1. The molecule has 4 rings (SSSR count). The van der Waals surface area contributed by atoms with Crippen LogP contribution in [0.1, 0.15) is 65.8 Å². The molecule has 0 bridgehead atoms. The Hall–Kier alpha value is -3.98. The highest BCUT2D eigenvalue weighted by Crippen LogP contribution is 2.44. The number of hydrogen-bond acceptors (Lipinski definition) is 8. The average Bonchev–Trinajstić information content (AvgIpc) is 3.40. The largest absolute Gasteiger partial charge is 0.507 e. The maximum absolute atomic E-state index is 13.4. The lowest BCUT2D eigenvalue weighted by atomic mass is 9.85. The summed E-state index contributed by atoms with van der Waals surface area (Å²) in [6.07, 6.45) is 0. The molecule has 0 aliphatic carbocycles. The Morgan fingerprint density at radius 2 is 1.71 bits per heavy atom. The number of aliphatic hydroxyl groups is 1. The van der Waals surface area contributed by atoms with Crippen molar-refractivity contribution in [3.8, 4) is 5.75 Å². The van der Waals surface area contributed by atoms with E-state index >= 15 is 0 Å². The number of carbonyl (C=O) groups excluding carboxylic acids is 3. The van der Waals surface area contributed by atoms with Crippen LogP contribution in [-0.4, -0.2) is 41.5 Å². The SMILES string of the molecule is CCOc1ccc(/C(O)=C2/C(=O)C(=O)N(c3nc(C)c(C(=O)OC)s3)C2c2ccc(C(C)(C)C)cc2)cc1. The van der Waals surface area contributed by atoms with E-state index in [1.165, 1.54) is 12.0 Å². The van der Waals surface area contributed by atoms with Crippen LogP contribution in [0.2, 0.25) is 0 Å². The molecule has 1 unspecified atom stereocenters. The third-order valence-electron chi connectivity index (χ3n) is 6.34. The maximum Gasteiger partial charge on any atom is 0.350 e. The van der Waals surface area contributed by atoms with Gasteiger partial charge >= 0.3 is 11.9 Å². The molecule has 2 heterocycles. The lowest BCUT2D eigenvalue weighted by molar-refractivity contribution is -0.132. The summed E-state index contributed by atoms with van der Waals surface area (Å²) in [7, 11) is 1.26. The van der Waals surface area contributed by atoms with E-state index in [-0.39, 0.29) is 26.8 Å². The van der Waals surface area contributed by atoms with Gasteiger partial charge in [-0.15, -0.1) is 0 Å². The smallest absolute Gasteiger partial charge is 0.350 e. The standard InChI is InChI=1S/C29H30N2O6S/c1-7-37-20-14-10-18(11-15-20)23(32)21-22(17-8-12-19(13-9-17)29(3,4)5)31(26(34)24(21)33)28-30-16(2)25(38-28)27(35)36-6/h8-15,22,32H,7H2,1-6H3/b23-21-. The molecular formula is C29H30N2O6S. The summed E-state index contributed by atoms with van der Waals surface area (Å²) in [5.41, 5.74) is 2.28. The fourth-order valence-electron chi connectivity index (χ4n) is 4.31. The Balaban J connectivity index is 1.90. The number of aromatic nitrogens is 1. The van der Waals surface area contributed by atoms with Gasteiger partial charge in [0.25, 0.3) is 5.78 Å². The summed E-state index contributed by atoms with van der Waals surface area (Å²) in [6.45, 7) is 10.3. The van der Waals surface area contributed by atoms with Crippen molar-refractivity contribution in [3.63, 3.8) is 0 Å². The molecular weight excluding hydrogens is 504 g/mol. The molecule has 0 spiro atoms. The highest BCUT2D eigenvalue weighted by Gasteiger charge is 2.48. The van der Waals surface area contributed by atoms with Crippen LogP contribution in [0, 0.1) is 6.92 Å². The van der Waals surface area contributed by atoms with Crippen molar-refractivity contribution < 1.29 is 29.0 Å². The number of carbonyl (C=O) groups is 3. The maximum atomic E-state index is 13.4. The van der Waals surface area contributed by atoms with Gasteiger partial charge in [-0.25, -0.2) is 9.78 Å². The van der Waals surface area contributed by atoms with Crippen LogP contribution in [0.15, 0.2) is 54.1 Å². The molecule has 0 radical (unpaired) electrons. The molecule has 1 aromatic heterocycles. The normalized spacial score (nSPS) is 17.1. The first-order chi connectivity index (χ1) is 18.0. The van der Waals surface area contributed by atoms with Gasteiger partial charge in [-0.05, 0) is 54.7 Å². The summed E-state index contributed by atoms with van der Waals surface area (Å²) in [4.78, 5) is 45.0. The first-order valence-electron chi connectivity index (χ1n) is 12.2. The monoisotopic (exact) mass is 534 g/mol. The molecule has 1 atom stereocenters. The van der Waals surface area contributed by atoms with Gasteiger partial charge in [0.05, 0.1) is 31.0 Å². The van der Waals surface area contributed by atoms with Crippen molar-refractivity contribution in [3.05, 3.63) is 81.4 Å². The van der Waals surface area contributed by atoms with Crippen molar-refractivity contribution in [2.75, 3.05) is 18.6 Å². The fourth-order valence-corrected chi connectivity index (χ4v) is 5.32. The molecule has 1 aliphatic rings. The van der Waals surface area contributed by atoms with E-state index in [1.807, 2.05) is 31.2 Å². The zero-order valence-electron chi connectivity index (χ0n) is 22.2. The number of nitrogens with zero attached hydrogens (tertiary/aromatic N) is 2. The van der Waals surface area contributed by atoms with E-state index in [0.717, 1.165) is 16.9 Å². The summed E-state index contributed by atoms with van der Waals surface area (Å²) < 4.78 is 10.3. The predicted molar refractivity (Wildman–Crippen MR) is 146 cm³/mol. The molecule has 3 aromatic rings. The predicted octanol–water partition coefficient (Wildman–Crippen LogP) is 5.56. The summed E-state index contributed by atoms with van der Waals surface area (Å²) in [5, 5.41) is 11.5. The van der Waals surface area contributed by atoms with Gasteiger partial charge in [-0.1, -0.05) is 56.4 Å². The minimum atomic E-state index is -0.952. The first-order valence-corrected chi connectivity index (χ1v) is 13.0. The second-order valence-corrected chi connectivity index (χ2v) is 10.9. The number of hydrogen-bond donors (Lipinski definition) is 1. The van der Waals surface area contributed by atoms with E-state index < -0.39 is 23.7 Å². The van der Waals surface area contributed by atoms with E-state index in [2.05, 4.69) is 25.8 Å². The minimum Gasteiger partial charge on any atom is -0.507 e. The Morgan fingerprint density at radius 3 is 2.26 bits per heavy atom. The lowest BCUT2D eigenvalue weighted by Gasteiger charge is -2.24. The average molecular weight is 535 g/mol. The molecule has 0 saturated carbocycles. The molecule has 1 aliphatic heterocycles. The van der Waals surface area contributed by atoms with Gasteiger partial charge in [-0.2, -0.15) is 0 Å². The highest BCUT2D eigenvalue weighted by molar-refractivity contribution is 7.17.